The van der Waals surface area contributed by atoms with Crippen molar-refractivity contribution < 1.29 is 24.6 Å². The number of carbonyl (C=O) groups is 3. The first kappa shape index (κ1) is 22.2. The minimum absolute atomic E-state index is 0.0577. The molecule has 0 spiro atoms. The van der Waals surface area contributed by atoms with Gasteiger partial charge in [0.1, 0.15) is 5.75 Å². The third-order valence-electron chi connectivity index (χ3n) is 5.20. The lowest BCUT2D eigenvalue weighted by atomic mass is 9.95. The van der Waals surface area contributed by atoms with Crippen molar-refractivity contribution in [3.8, 4) is 5.75 Å². The number of anilines is 1. The number of aromatic nitrogens is 1. The highest BCUT2D eigenvalue weighted by Gasteiger charge is 2.45. The van der Waals surface area contributed by atoms with Gasteiger partial charge in [0.05, 0.1) is 22.2 Å². The van der Waals surface area contributed by atoms with Crippen LogP contribution in [0, 0.1) is 6.92 Å². The Labute approximate surface area is 194 Å². The molecule has 0 bridgehead atoms. The molecular weight excluding hydrogens is 440 g/mol. The number of nitrogens with zero attached hydrogens (tertiary/aromatic N) is 2. The number of hydrogen-bond donors (Lipinski definition) is 2. The Bertz CT molecular complexity index is 1320. The average molecular weight is 461 g/mol. The van der Waals surface area contributed by atoms with Crippen LogP contribution in [0.1, 0.15) is 39.5 Å². The number of rotatable bonds is 6. The third-order valence-corrected chi connectivity index (χ3v) is 6.45. The number of allylic oxidation sites excluding steroid dienone is 1. The molecule has 7 nitrogen and oxygen atoms in total. The van der Waals surface area contributed by atoms with Crippen molar-refractivity contribution in [3.05, 3.63) is 93.7 Å². The number of hydrogen-bond acceptors (Lipinski definition) is 7. The molecule has 1 unspecified atom stereocenters. The predicted molar refractivity (Wildman–Crippen MR) is 125 cm³/mol. The van der Waals surface area contributed by atoms with Crippen LogP contribution in [-0.4, -0.2) is 32.7 Å². The Morgan fingerprint density at radius 3 is 2.45 bits per heavy atom. The summed E-state index contributed by atoms with van der Waals surface area (Å²) in [6.07, 6.45) is 2.89. The maximum Gasteiger partial charge on any atom is 0.296 e. The van der Waals surface area contributed by atoms with Crippen LogP contribution in [-0.2, 0) is 9.59 Å². The number of aliphatic hydroxyl groups excluding tert-OH is 1. The van der Waals surface area contributed by atoms with Gasteiger partial charge in [0.25, 0.3) is 5.91 Å². The van der Waals surface area contributed by atoms with Crippen molar-refractivity contribution in [2.75, 3.05) is 4.90 Å². The van der Waals surface area contributed by atoms with Crippen molar-refractivity contribution in [1.82, 2.24) is 4.98 Å². The van der Waals surface area contributed by atoms with E-state index in [0.717, 1.165) is 16.9 Å². The van der Waals surface area contributed by atoms with Gasteiger partial charge in [0.2, 0.25) is 0 Å². The number of benzene rings is 2. The fraction of sp³-hybridized carbons (Fsp3) is 0.120. The van der Waals surface area contributed by atoms with Gasteiger partial charge in [-0.15, -0.1) is 0 Å². The molecule has 33 heavy (non-hydrogen) atoms. The second kappa shape index (κ2) is 8.84. The van der Waals surface area contributed by atoms with Gasteiger partial charge in [-0.2, -0.15) is 0 Å². The molecule has 2 heterocycles. The van der Waals surface area contributed by atoms with Crippen LogP contribution < -0.4 is 4.90 Å². The van der Waals surface area contributed by atoms with E-state index in [9.17, 15) is 24.6 Å². The van der Waals surface area contributed by atoms with Crippen LogP contribution in [0.4, 0.5) is 5.13 Å². The topological polar surface area (TPSA) is 108 Å². The molecule has 8 heteroatoms. The Kier molecular flexibility index (Phi) is 5.93. The summed E-state index contributed by atoms with van der Waals surface area (Å²) >= 11 is 1.01. The summed E-state index contributed by atoms with van der Waals surface area (Å²) in [4.78, 5) is 44.2. The maximum absolute atomic E-state index is 13.2. The monoisotopic (exact) mass is 460 g/mol. The predicted octanol–water partition coefficient (Wildman–Crippen LogP) is 4.54. The summed E-state index contributed by atoms with van der Waals surface area (Å²) in [6, 6.07) is 14.2. The van der Waals surface area contributed by atoms with E-state index < -0.39 is 23.5 Å². The van der Waals surface area contributed by atoms with Gasteiger partial charge in [0.15, 0.2) is 22.5 Å². The fourth-order valence-corrected chi connectivity index (χ4v) is 4.69. The quantitative estimate of drug-likeness (QED) is 0.413. The number of phenols is 1. The van der Waals surface area contributed by atoms with E-state index in [0.29, 0.717) is 16.1 Å². The van der Waals surface area contributed by atoms with Crippen LogP contribution in [0.5, 0.6) is 5.75 Å². The Balaban J connectivity index is 1.82. The zero-order chi connectivity index (χ0) is 23.7. The Hall–Kier alpha value is -4.04. The molecule has 2 aromatic carbocycles. The molecule has 0 saturated heterocycles. The highest BCUT2D eigenvalue weighted by atomic mass is 32.1. The molecular formula is C25H20N2O5S. The van der Waals surface area contributed by atoms with Crippen LogP contribution >= 0.6 is 11.3 Å². The van der Waals surface area contributed by atoms with E-state index in [1.165, 1.54) is 30.0 Å². The molecule has 1 aliphatic rings. The molecule has 1 amide bonds. The number of ketones is 2. The number of aliphatic hydroxyl groups is 1. The highest BCUT2D eigenvalue weighted by Crippen LogP contribution is 2.43. The lowest BCUT2D eigenvalue weighted by Crippen LogP contribution is -2.30. The summed E-state index contributed by atoms with van der Waals surface area (Å²) in [7, 11) is 0. The molecule has 1 atom stereocenters. The van der Waals surface area contributed by atoms with Gasteiger partial charge in [-0.25, -0.2) is 4.98 Å². The number of aryl methyl sites for hydroxylation is 1. The van der Waals surface area contributed by atoms with E-state index >= 15 is 0 Å². The smallest absolute Gasteiger partial charge is 0.296 e. The van der Waals surface area contributed by atoms with Gasteiger partial charge >= 0.3 is 0 Å². The van der Waals surface area contributed by atoms with Gasteiger partial charge in [0, 0.05) is 6.92 Å². The van der Waals surface area contributed by atoms with Gasteiger partial charge < -0.3 is 10.2 Å². The van der Waals surface area contributed by atoms with E-state index in [-0.39, 0.29) is 22.2 Å². The molecule has 166 valence electrons. The van der Waals surface area contributed by atoms with Crippen molar-refractivity contribution in [1.29, 1.82) is 0 Å². The van der Waals surface area contributed by atoms with E-state index in [4.69, 9.17) is 0 Å². The first-order chi connectivity index (χ1) is 15.8. The van der Waals surface area contributed by atoms with E-state index in [2.05, 4.69) is 4.98 Å². The van der Waals surface area contributed by atoms with Crippen molar-refractivity contribution in [3.63, 3.8) is 0 Å². The second-order valence-corrected chi connectivity index (χ2v) is 8.49. The Morgan fingerprint density at radius 1 is 1.09 bits per heavy atom. The summed E-state index contributed by atoms with van der Waals surface area (Å²) in [5, 5.41) is 20.9. The first-order valence-electron chi connectivity index (χ1n) is 10.1. The molecule has 0 aliphatic carbocycles. The standard InChI is InChI=1S/C25H20N2O5S/c1-14-23(15(2)28)33-25(26-14)27-21(17-9-6-10-18(29)13-17)20(22(31)24(27)32)19(30)12-11-16-7-4-3-5-8-16/h3-13,21,29,31H,1-2H3. The first-order valence-corrected chi connectivity index (χ1v) is 10.9. The van der Waals surface area contributed by atoms with Crippen LogP contribution in [0.3, 0.4) is 0 Å². The summed E-state index contributed by atoms with van der Waals surface area (Å²) in [5.41, 5.74) is 1.52. The van der Waals surface area contributed by atoms with E-state index in [1.807, 2.05) is 30.3 Å². The van der Waals surface area contributed by atoms with E-state index in [1.54, 1.807) is 25.1 Å². The highest BCUT2D eigenvalue weighted by molar-refractivity contribution is 7.17. The molecule has 0 radical (unpaired) electrons. The van der Waals surface area contributed by atoms with Crippen molar-refractivity contribution in [2.24, 2.45) is 0 Å². The average Bonchev–Trinajstić information content (AvgIpc) is 3.30. The second-order valence-electron chi connectivity index (χ2n) is 7.51. The summed E-state index contributed by atoms with van der Waals surface area (Å²) in [6.45, 7) is 3.06. The third kappa shape index (κ3) is 4.20. The largest absolute Gasteiger partial charge is 0.508 e. The SMILES string of the molecule is CC(=O)c1sc(N2C(=O)C(O)=C(C(=O)C=Cc3ccccc3)C2c2cccc(O)c2)nc1C. The molecule has 2 N–H and O–H groups in total. The molecule has 3 aromatic rings. The summed E-state index contributed by atoms with van der Waals surface area (Å²) < 4.78 is 0. The number of Topliss-reactive ketones (excluding diaryl/α,β-unsaturated/α-hetero) is 1. The number of carbonyl (C=O) groups excluding carboxylic acids is 3. The van der Waals surface area contributed by atoms with Gasteiger partial charge in [-0.1, -0.05) is 59.9 Å². The molecule has 4 rings (SSSR count). The minimum Gasteiger partial charge on any atom is -0.508 e. The number of phenolic OH excluding ortho intramolecular Hbond substituents is 1. The van der Waals surface area contributed by atoms with Crippen LogP contribution in [0.15, 0.2) is 72.0 Å². The Morgan fingerprint density at radius 2 is 1.82 bits per heavy atom. The number of thiazole rings is 1. The van der Waals surface area contributed by atoms with Gasteiger partial charge in [-0.05, 0) is 36.3 Å². The molecule has 1 aliphatic heterocycles. The van der Waals surface area contributed by atoms with Crippen LogP contribution in [0.2, 0.25) is 0 Å². The molecule has 0 fully saturated rings. The maximum atomic E-state index is 13.2. The minimum atomic E-state index is -1.03. The lowest BCUT2D eigenvalue weighted by molar-refractivity contribution is -0.117. The lowest BCUT2D eigenvalue weighted by Gasteiger charge is -2.24. The molecule has 1 aromatic heterocycles. The number of amides is 1. The van der Waals surface area contributed by atoms with Gasteiger partial charge in [-0.3, -0.25) is 19.3 Å². The number of aromatic hydroxyl groups is 1. The summed E-state index contributed by atoms with van der Waals surface area (Å²) in [5.74, 6) is -2.30. The van der Waals surface area contributed by atoms with Crippen molar-refractivity contribution >= 4 is 40.0 Å². The zero-order valence-electron chi connectivity index (χ0n) is 17.9. The fourth-order valence-electron chi connectivity index (χ4n) is 3.70. The van der Waals surface area contributed by atoms with Crippen LogP contribution in [0.25, 0.3) is 6.08 Å². The zero-order valence-corrected chi connectivity index (χ0v) is 18.7. The van der Waals surface area contributed by atoms with Crippen molar-refractivity contribution in [2.45, 2.75) is 19.9 Å². The normalized spacial score (nSPS) is 16.1. The molecule has 0 saturated carbocycles.